The number of aromatic nitrogens is 3. The van der Waals surface area contributed by atoms with Crippen molar-refractivity contribution in [2.75, 3.05) is 0 Å². The van der Waals surface area contributed by atoms with Gasteiger partial charge in [-0.25, -0.2) is 0 Å². The second-order valence-electron chi connectivity index (χ2n) is 6.09. The van der Waals surface area contributed by atoms with E-state index in [1.165, 1.54) is 11.1 Å². The standard InChI is InChI=1S/C21H23N3OS/c1-4-13-24-20(17(3)25-19-11-6-5-7-12-19)22-23-21(24)26-15-18-10-8-9-16(2)14-18/h4-12,14,17H,1,13,15H2,2-3H3/t17-/m0/s1. The Morgan fingerprint density at radius 2 is 1.96 bits per heavy atom. The molecule has 0 saturated heterocycles. The van der Waals surface area contributed by atoms with Crippen molar-refractivity contribution in [1.29, 1.82) is 0 Å². The molecule has 3 rings (SSSR count). The van der Waals surface area contributed by atoms with Crippen molar-refractivity contribution < 1.29 is 4.74 Å². The summed E-state index contributed by atoms with van der Waals surface area (Å²) in [4.78, 5) is 0. The van der Waals surface area contributed by atoms with Crippen LogP contribution in [0.25, 0.3) is 0 Å². The van der Waals surface area contributed by atoms with Crippen LogP contribution >= 0.6 is 11.8 Å². The molecule has 0 saturated carbocycles. The first-order chi connectivity index (χ1) is 12.7. The largest absolute Gasteiger partial charge is 0.483 e. The molecule has 0 radical (unpaired) electrons. The highest BCUT2D eigenvalue weighted by molar-refractivity contribution is 7.98. The monoisotopic (exact) mass is 365 g/mol. The number of thioether (sulfide) groups is 1. The number of hydrogen-bond donors (Lipinski definition) is 0. The molecule has 0 unspecified atom stereocenters. The summed E-state index contributed by atoms with van der Waals surface area (Å²) < 4.78 is 8.08. The van der Waals surface area contributed by atoms with Gasteiger partial charge in [-0.1, -0.05) is 65.9 Å². The fourth-order valence-corrected chi connectivity index (χ4v) is 3.61. The van der Waals surface area contributed by atoms with E-state index in [0.717, 1.165) is 22.5 Å². The lowest BCUT2D eigenvalue weighted by Crippen LogP contribution is -2.12. The molecule has 0 aliphatic rings. The van der Waals surface area contributed by atoms with Crippen LogP contribution < -0.4 is 4.74 Å². The Balaban J connectivity index is 1.75. The Bertz CT molecular complexity index is 861. The summed E-state index contributed by atoms with van der Waals surface area (Å²) in [6.45, 7) is 8.62. The number of allylic oxidation sites excluding steroid dienone is 1. The Morgan fingerprint density at radius 3 is 2.69 bits per heavy atom. The lowest BCUT2D eigenvalue weighted by atomic mass is 10.2. The van der Waals surface area contributed by atoms with Crippen LogP contribution in [0.2, 0.25) is 0 Å². The molecule has 0 aliphatic carbocycles. The van der Waals surface area contributed by atoms with Gasteiger partial charge >= 0.3 is 0 Å². The van der Waals surface area contributed by atoms with E-state index in [4.69, 9.17) is 4.74 Å². The maximum Gasteiger partial charge on any atom is 0.191 e. The molecule has 26 heavy (non-hydrogen) atoms. The van der Waals surface area contributed by atoms with Gasteiger partial charge in [0.15, 0.2) is 17.1 Å². The first kappa shape index (κ1) is 18.3. The molecule has 5 heteroatoms. The van der Waals surface area contributed by atoms with Crippen molar-refractivity contribution in [3.8, 4) is 5.75 Å². The lowest BCUT2D eigenvalue weighted by Gasteiger charge is -2.15. The van der Waals surface area contributed by atoms with Crippen molar-refractivity contribution in [2.45, 2.75) is 37.4 Å². The van der Waals surface area contributed by atoms with Crippen molar-refractivity contribution in [3.63, 3.8) is 0 Å². The first-order valence-corrected chi connectivity index (χ1v) is 9.60. The summed E-state index contributed by atoms with van der Waals surface area (Å²) in [5, 5.41) is 9.64. The number of rotatable bonds is 8. The molecule has 3 aromatic rings. The Kier molecular flexibility index (Phi) is 6.12. The van der Waals surface area contributed by atoms with Crippen LogP contribution in [0.3, 0.4) is 0 Å². The van der Waals surface area contributed by atoms with E-state index >= 15 is 0 Å². The summed E-state index contributed by atoms with van der Waals surface area (Å²) >= 11 is 1.68. The van der Waals surface area contributed by atoms with Crippen LogP contribution in [0.15, 0.2) is 72.4 Å². The minimum atomic E-state index is -0.196. The lowest BCUT2D eigenvalue weighted by molar-refractivity contribution is 0.210. The van der Waals surface area contributed by atoms with E-state index in [2.05, 4.69) is 52.5 Å². The zero-order valence-corrected chi connectivity index (χ0v) is 15.9. The maximum absolute atomic E-state index is 6.01. The molecule has 0 N–H and O–H groups in total. The van der Waals surface area contributed by atoms with Gasteiger partial charge in [-0.2, -0.15) is 0 Å². The molecule has 134 valence electrons. The van der Waals surface area contributed by atoms with E-state index in [0.29, 0.717) is 6.54 Å². The molecule has 0 amide bonds. The Labute approximate surface area is 158 Å². The van der Waals surface area contributed by atoms with Gasteiger partial charge in [-0.15, -0.1) is 16.8 Å². The average molecular weight is 366 g/mol. The average Bonchev–Trinajstić information content (AvgIpc) is 3.04. The number of aryl methyl sites for hydroxylation is 1. The minimum absolute atomic E-state index is 0.196. The number of nitrogens with zero attached hydrogens (tertiary/aromatic N) is 3. The van der Waals surface area contributed by atoms with Crippen LogP contribution in [0.1, 0.15) is 30.0 Å². The second-order valence-corrected chi connectivity index (χ2v) is 7.03. The smallest absolute Gasteiger partial charge is 0.191 e. The van der Waals surface area contributed by atoms with Gasteiger partial charge in [-0.3, -0.25) is 4.57 Å². The highest BCUT2D eigenvalue weighted by Gasteiger charge is 2.19. The summed E-state index contributed by atoms with van der Waals surface area (Å²) in [7, 11) is 0. The normalized spacial score (nSPS) is 11.9. The van der Waals surface area contributed by atoms with Crippen molar-refractivity contribution >= 4 is 11.8 Å². The van der Waals surface area contributed by atoms with E-state index in [1.54, 1.807) is 11.8 Å². The highest BCUT2D eigenvalue weighted by Crippen LogP contribution is 2.26. The van der Waals surface area contributed by atoms with E-state index in [9.17, 15) is 0 Å². The summed E-state index contributed by atoms with van der Waals surface area (Å²) in [5.74, 6) is 2.48. The summed E-state index contributed by atoms with van der Waals surface area (Å²) in [6, 6.07) is 18.3. The van der Waals surface area contributed by atoms with Crippen molar-refractivity contribution in [3.05, 3.63) is 84.2 Å². The van der Waals surface area contributed by atoms with E-state index in [-0.39, 0.29) is 6.10 Å². The molecule has 0 bridgehead atoms. The topological polar surface area (TPSA) is 39.9 Å². The Morgan fingerprint density at radius 1 is 1.15 bits per heavy atom. The van der Waals surface area contributed by atoms with E-state index in [1.807, 2.05) is 43.3 Å². The third-order valence-electron chi connectivity index (χ3n) is 3.93. The van der Waals surface area contributed by atoms with Crippen molar-refractivity contribution in [2.24, 2.45) is 0 Å². The molecule has 0 spiro atoms. The van der Waals surface area contributed by atoms with Crippen LogP contribution in [0.5, 0.6) is 5.75 Å². The zero-order chi connectivity index (χ0) is 18.4. The predicted molar refractivity (Wildman–Crippen MR) is 106 cm³/mol. The molecule has 2 aromatic carbocycles. The molecule has 1 heterocycles. The van der Waals surface area contributed by atoms with Gasteiger partial charge < -0.3 is 4.74 Å². The van der Waals surface area contributed by atoms with Crippen LogP contribution in [0.4, 0.5) is 0 Å². The molecule has 1 aromatic heterocycles. The molecule has 4 nitrogen and oxygen atoms in total. The van der Waals surface area contributed by atoms with Gasteiger partial charge in [0.1, 0.15) is 5.75 Å². The van der Waals surface area contributed by atoms with Gasteiger partial charge in [0.25, 0.3) is 0 Å². The predicted octanol–water partition coefficient (Wildman–Crippen LogP) is 5.20. The zero-order valence-electron chi connectivity index (χ0n) is 15.1. The molecule has 0 fully saturated rings. The summed E-state index contributed by atoms with van der Waals surface area (Å²) in [6.07, 6.45) is 1.66. The fourth-order valence-electron chi connectivity index (χ4n) is 2.71. The number of hydrogen-bond acceptors (Lipinski definition) is 4. The van der Waals surface area contributed by atoms with E-state index < -0.39 is 0 Å². The fraction of sp³-hybridized carbons (Fsp3) is 0.238. The third kappa shape index (κ3) is 4.55. The molecule has 0 aliphatic heterocycles. The SMILES string of the molecule is C=CCn1c(SCc2cccc(C)c2)nnc1[C@H](C)Oc1ccccc1. The van der Waals surface area contributed by atoms with Gasteiger partial charge in [0, 0.05) is 12.3 Å². The van der Waals surface area contributed by atoms with Gasteiger partial charge in [-0.05, 0) is 31.5 Å². The highest BCUT2D eigenvalue weighted by atomic mass is 32.2. The van der Waals surface area contributed by atoms with Gasteiger partial charge in [0.05, 0.1) is 0 Å². The quantitative estimate of drug-likeness (QED) is 0.406. The van der Waals surface area contributed by atoms with Crippen molar-refractivity contribution in [1.82, 2.24) is 14.8 Å². The third-order valence-corrected chi connectivity index (χ3v) is 4.97. The van der Waals surface area contributed by atoms with Crippen LogP contribution in [-0.4, -0.2) is 14.8 Å². The maximum atomic E-state index is 6.01. The first-order valence-electron chi connectivity index (χ1n) is 8.61. The Hall–Kier alpha value is -2.53. The summed E-state index contributed by atoms with van der Waals surface area (Å²) in [5.41, 5.74) is 2.54. The number of benzene rings is 2. The number of ether oxygens (including phenoxy) is 1. The minimum Gasteiger partial charge on any atom is -0.483 e. The molecule has 1 atom stereocenters. The van der Waals surface area contributed by atoms with Crippen LogP contribution in [0, 0.1) is 6.92 Å². The second kappa shape index (κ2) is 8.72. The molecular formula is C21H23N3OS. The number of para-hydroxylation sites is 1. The van der Waals surface area contributed by atoms with Gasteiger partial charge in [0.2, 0.25) is 0 Å². The molecular weight excluding hydrogens is 342 g/mol. The van der Waals surface area contributed by atoms with Crippen LogP contribution in [-0.2, 0) is 12.3 Å².